The first-order chi connectivity index (χ1) is 12.2. The van der Waals surface area contributed by atoms with Gasteiger partial charge in [-0.25, -0.2) is 0 Å². The van der Waals surface area contributed by atoms with Gasteiger partial charge in [-0.3, -0.25) is 4.79 Å². The van der Waals surface area contributed by atoms with Gasteiger partial charge in [-0.05, 0) is 30.7 Å². The molecule has 124 valence electrons. The Bertz CT molecular complexity index is 920. The molecule has 0 aliphatic carbocycles. The van der Waals surface area contributed by atoms with Gasteiger partial charge >= 0.3 is 0 Å². The largest absolute Gasteiger partial charge is 0.367 e. The van der Waals surface area contributed by atoms with E-state index in [4.69, 9.17) is 0 Å². The molecule has 4 rings (SSSR count). The SMILES string of the molecule is Cc1cccc(C[C@]2(Nc3ccccc3)C(=O)Nc3ccccc32)c1. The van der Waals surface area contributed by atoms with Crippen LogP contribution in [0.4, 0.5) is 11.4 Å². The highest BCUT2D eigenvalue weighted by atomic mass is 16.2. The Morgan fingerprint density at radius 2 is 1.68 bits per heavy atom. The highest BCUT2D eigenvalue weighted by Crippen LogP contribution is 2.40. The van der Waals surface area contributed by atoms with Gasteiger partial charge in [-0.2, -0.15) is 0 Å². The van der Waals surface area contributed by atoms with Crippen LogP contribution in [0.3, 0.4) is 0 Å². The van der Waals surface area contributed by atoms with Crippen LogP contribution in [0.1, 0.15) is 16.7 Å². The fourth-order valence-corrected chi connectivity index (χ4v) is 3.56. The first-order valence-corrected chi connectivity index (χ1v) is 8.47. The summed E-state index contributed by atoms with van der Waals surface area (Å²) in [7, 11) is 0. The number of para-hydroxylation sites is 2. The fourth-order valence-electron chi connectivity index (χ4n) is 3.56. The molecule has 25 heavy (non-hydrogen) atoms. The number of fused-ring (bicyclic) bond motifs is 1. The predicted octanol–water partition coefficient (Wildman–Crippen LogP) is 4.50. The Hall–Kier alpha value is -3.07. The molecule has 2 N–H and O–H groups in total. The Morgan fingerprint density at radius 1 is 0.920 bits per heavy atom. The molecule has 0 saturated heterocycles. The summed E-state index contributed by atoms with van der Waals surface area (Å²) in [5.74, 6) is -0.0148. The van der Waals surface area contributed by atoms with Crippen molar-refractivity contribution in [3.05, 3.63) is 95.6 Å². The minimum Gasteiger partial charge on any atom is -0.367 e. The second-order valence-electron chi connectivity index (χ2n) is 6.56. The molecule has 0 fully saturated rings. The molecule has 0 spiro atoms. The molecule has 1 heterocycles. The minimum atomic E-state index is -0.814. The number of carbonyl (C=O) groups is 1. The number of carbonyl (C=O) groups excluding carboxylic acids is 1. The fraction of sp³-hybridized carbons (Fsp3) is 0.136. The van der Waals surface area contributed by atoms with Crippen LogP contribution in [0.25, 0.3) is 0 Å². The monoisotopic (exact) mass is 328 g/mol. The van der Waals surface area contributed by atoms with Crippen molar-refractivity contribution in [3.63, 3.8) is 0 Å². The average Bonchev–Trinajstić information content (AvgIpc) is 2.88. The third kappa shape index (κ3) is 2.78. The van der Waals surface area contributed by atoms with Crippen LogP contribution in [-0.4, -0.2) is 5.91 Å². The normalized spacial score (nSPS) is 18.5. The summed E-state index contributed by atoms with van der Waals surface area (Å²) in [5, 5.41) is 6.56. The Kier molecular flexibility index (Phi) is 3.77. The van der Waals surface area contributed by atoms with Gasteiger partial charge in [0.25, 0.3) is 5.91 Å². The minimum absolute atomic E-state index is 0.0148. The average molecular weight is 328 g/mol. The number of anilines is 2. The molecule has 3 aromatic rings. The number of nitrogens with one attached hydrogen (secondary N) is 2. The summed E-state index contributed by atoms with van der Waals surface area (Å²) in [6.45, 7) is 2.07. The molecule has 0 bridgehead atoms. The first-order valence-electron chi connectivity index (χ1n) is 8.47. The quantitative estimate of drug-likeness (QED) is 0.740. The lowest BCUT2D eigenvalue weighted by Gasteiger charge is -2.30. The van der Waals surface area contributed by atoms with Crippen LogP contribution >= 0.6 is 0 Å². The molecule has 3 aromatic carbocycles. The zero-order valence-corrected chi connectivity index (χ0v) is 14.1. The number of benzene rings is 3. The van der Waals surface area contributed by atoms with Crippen LogP contribution in [0.15, 0.2) is 78.9 Å². The molecule has 0 aromatic heterocycles. The maximum absolute atomic E-state index is 13.1. The Labute approximate surface area is 147 Å². The van der Waals surface area contributed by atoms with E-state index in [2.05, 4.69) is 35.8 Å². The molecular weight excluding hydrogens is 308 g/mol. The first kappa shape index (κ1) is 15.5. The van der Waals surface area contributed by atoms with Crippen molar-refractivity contribution in [3.8, 4) is 0 Å². The summed E-state index contributed by atoms with van der Waals surface area (Å²) < 4.78 is 0. The molecule has 1 aliphatic heterocycles. The van der Waals surface area contributed by atoms with Crippen molar-refractivity contribution in [2.45, 2.75) is 18.9 Å². The number of amides is 1. The van der Waals surface area contributed by atoms with Crippen LogP contribution < -0.4 is 10.6 Å². The number of aryl methyl sites for hydroxylation is 1. The molecule has 3 nitrogen and oxygen atoms in total. The van der Waals surface area contributed by atoms with E-state index in [0.29, 0.717) is 6.42 Å². The van der Waals surface area contributed by atoms with Gasteiger partial charge in [0.1, 0.15) is 5.54 Å². The van der Waals surface area contributed by atoms with Crippen LogP contribution in [0, 0.1) is 6.92 Å². The Balaban J connectivity index is 1.82. The lowest BCUT2D eigenvalue weighted by atomic mass is 9.84. The molecule has 1 amide bonds. The second-order valence-corrected chi connectivity index (χ2v) is 6.56. The number of hydrogen-bond acceptors (Lipinski definition) is 2. The third-order valence-corrected chi connectivity index (χ3v) is 4.71. The molecule has 1 atom stereocenters. The van der Waals surface area contributed by atoms with E-state index < -0.39 is 5.54 Å². The highest BCUT2D eigenvalue weighted by Gasteiger charge is 2.46. The van der Waals surface area contributed by atoms with Crippen molar-refractivity contribution in [2.75, 3.05) is 10.6 Å². The van der Waals surface area contributed by atoms with Gasteiger partial charge < -0.3 is 10.6 Å². The summed E-state index contributed by atoms with van der Waals surface area (Å²) in [5.41, 5.74) is 4.32. The summed E-state index contributed by atoms with van der Waals surface area (Å²) in [6.07, 6.45) is 0.590. The molecule has 1 aliphatic rings. The van der Waals surface area contributed by atoms with Crippen molar-refractivity contribution in [1.82, 2.24) is 0 Å². The van der Waals surface area contributed by atoms with E-state index in [1.807, 2.05) is 60.7 Å². The van der Waals surface area contributed by atoms with E-state index >= 15 is 0 Å². The number of hydrogen-bond donors (Lipinski definition) is 2. The predicted molar refractivity (Wildman–Crippen MR) is 102 cm³/mol. The summed E-state index contributed by atoms with van der Waals surface area (Å²) in [6, 6.07) is 26.2. The van der Waals surface area contributed by atoms with E-state index in [1.165, 1.54) is 5.56 Å². The topological polar surface area (TPSA) is 41.1 Å². The van der Waals surface area contributed by atoms with Gasteiger partial charge in [0.15, 0.2) is 0 Å². The maximum atomic E-state index is 13.1. The lowest BCUT2D eigenvalue weighted by Crippen LogP contribution is -2.44. The molecule has 0 radical (unpaired) electrons. The van der Waals surface area contributed by atoms with Gasteiger partial charge in [0.2, 0.25) is 0 Å². The third-order valence-electron chi connectivity index (χ3n) is 4.71. The van der Waals surface area contributed by atoms with Gasteiger partial charge in [-0.15, -0.1) is 0 Å². The van der Waals surface area contributed by atoms with Crippen LogP contribution in [-0.2, 0) is 16.8 Å². The second kappa shape index (κ2) is 6.10. The van der Waals surface area contributed by atoms with Gasteiger partial charge in [0.05, 0.1) is 0 Å². The molecule has 3 heteroatoms. The molecule has 0 saturated carbocycles. The highest BCUT2D eigenvalue weighted by molar-refractivity contribution is 6.07. The zero-order valence-electron chi connectivity index (χ0n) is 14.1. The van der Waals surface area contributed by atoms with Crippen LogP contribution in [0.2, 0.25) is 0 Å². The zero-order chi connectivity index (χ0) is 17.3. The standard InChI is InChI=1S/C22H20N2O/c1-16-8-7-9-17(14-16)15-22(24-18-10-3-2-4-11-18)19-12-5-6-13-20(19)23-21(22)25/h2-14,24H,15H2,1H3,(H,23,25)/t22-/m1/s1. The number of rotatable bonds is 4. The van der Waals surface area contributed by atoms with Crippen molar-refractivity contribution < 1.29 is 4.79 Å². The van der Waals surface area contributed by atoms with E-state index in [9.17, 15) is 4.79 Å². The van der Waals surface area contributed by atoms with E-state index in [0.717, 1.165) is 22.5 Å². The lowest BCUT2D eigenvalue weighted by molar-refractivity contribution is -0.119. The van der Waals surface area contributed by atoms with Crippen molar-refractivity contribution in [2.24, 2.45) is 0 Å². The molecular formula is C22H20N2O. The van der Waals surface area contributed by atoms with E-state index in [1.54, 1.807) is 0 Å². The smallest absolute Gasteiger partial charge is 0.255 e. The summed E-state index contributed by atoms with van der Waals surface area (Å²) in [4.78, 5) is 13.1. The Morgan fingerprint density at radius 3 is 2.48 bits per heavy atom. The van der Waals surface area contributed by atoms with Gasteiger partial charge in [-0.1, -0.05) is 66.2 Å². The summed E-state index contributed by atoms with van der Waals surface area (Å²) >= 11 is 0. The van der Waals surface area contributed by atoms with E-state index in [-0.39, 0.29) is 5.91 Å². The van der Waals surface area contributed by atoms with Crippen LogP contribution in [0.5, 0.6) is 0 Å². The molecule has 0 unspecified atom stereocenters. The van der Waals surface area contributed by atoms with Crippen molar-refractivity contribution >= 4 is 17.3 Å². The van der Waals surface area contributed by atoms with Gasteiger partial charge in [0, 0.05) is 23.4 Å². The maximum Gasteiger partial charge on any atom is 0.255 e. The van der Waals surface area contributed by atoms with Crippen molar-refractivity contribution in [1.29, 1.82) is 0 Å².